The summed E-state index contributed by atoms with van der Waals surface area (Å²) in [7, 11) is 0. The minimum absolute atomic E-state index is 0.118. The summed E-state index contributed by atoms with van der Waals surface area (Å²) < 4.78 is 74.7. The van der Waals surface area contributed by atoms with Crippen LogP contribution in [0.1, 0.15) is 12.8 Å². The van der Waals surface area contributed by atoms with E-state index in [1.165, 1.54) is 0 Å². The highest BCUT2D eigenvalue weighted by Crippen LogP contribution is 2.35. The molecule has 2 heterocycles. The first-order valence-electron chi connectivity index (χ1n) is 5.91. The SMILES string of the molecule is NC1CC2COCC(C1)N2C(F)(F)F.O=C(O)C(F)(F)F. The molecule has 0 radical (unpaired) electrons. The molecule has 0 spiro atoms. The Bertz CT molecular complexity index is 359. The van der Waals surface area contributed by atoms with Crippen LogP contribution in [0, 0.1) is 0 Å². The molecule has 0 amide bonds. The molecule has 2 bridgehead atoms. The molecule has 21 heavy (non-hydrogen) atoms. The van der Waals surface area contributed by atoms with Crippen molar-refractivity contribution in [3.63, 3.8) is 0 Å². The standard InChI is InChI=1S/C8H13F3N2O.C2HF3O2/c9-8(10,11)13-6-1-5(12)2-7(13)4-14-3-6;3-2(4,5)1(6)7/h5-7H,1-4,12H2;(H,6,7). The number of carbonyl (C=O) groups is 1. The minimum Gasteiger partial charge on any atom is -0.475 e. The molecule has 124 valence electrons. The van der Waals surface area contributed by atoms with Crippen LogP contribution in [0.25, 0.3) is 0 Å². The second kappa shape index (κ2) is 6.36. The summed E-state index contributed by atoms with van der Waals surface area (Å²) in [6, 6.07) is -1.29. The number of nitrogens with zero attached hydrogens (tertiary/aromatic N) is 1. The van der Waals surface area contributed by atoms with E-state index in [-0.39, 0.29) is 19.3 Å². The van der Waals surface area contributed by atoms with Crippen molar-refractivity contribution in [1.82, 2.24) is 4.90 Å². The molecule has 2 atom stereocenters. The van der Waals surface area contributed by atoms with Crippen LogP contribution in [0.5, 0.6) is 0 Å². The van der Waals surface area contributed by atoms with Crippen molar-refractivity contribution in [2.75, 3.05) is 13.2 Å². The van der Waals surface area contributed by atoms with Gasteiger partial charge in [0.1, 0.15) is 0 Å². The average molecular weight is 324 g/mol. The van der Waals surface area contributed by atoms with Crippen molar-refractivity contribution in [3.05, 3.63) is 0 Å². The molecule has 0 aromatic rings. The number of hydrogen-bond acceptors (Lipinski definition) is 4. The topological polar surface area (TPSA) is 75.8 Å². The zero-order valence-electron chi connectivity index (χ0n) is 10.6. The lowest BCUT2D eigenvalue weighted by Gasteiger charge is -2.47. The molecule has 5 nitrogen and oxygen atoms in total. The number of halogens is 6. The monoisotopic (exact) mass is 324 g/mol. The lowest BCUT2D eigenvalue weighted by molar-refractivity contribution is -0.301. The number of rotatable bonds is 0. The highest BCUT2D eigenvalue weighted by atomic mass is 19.4. The van der Waals surface area contributed by atoms with Gasteiger partial charge in [0.15, 0.2) is 0 Å². The summed E-state index contributed by atoms with van der Waals surface area (Å²) in [5.41, 5.74) is 5.68. The van der Waals surface area contributed by atoms with Crippen molar-refractivity contribution >= 4 is 5.97 Å². The first kappa shape index (κ1) is 18.0. The fourth-order valence-corrected chi connectivity index (χ4v) is 2.37. The van der Waals surface area contributed by atoms with E-state index < -0.39 is 30.5 Å². The predicted octanol–water partition coefficient (Wildman–Crippen LogP) is 1.33. The number of fused-ring (bicyclic) bond motifs is 2. The molecule has 2 aliphatic heterocycles. The molecule has 2 rings (SSSR count). The Morgan fingerprint density at radius 1 is 1.10 bits per heavy atom. The van der Waals surface area contributed by atoms with Crippen LogP contribution in [-0.4, -0.2) is 59.8 Å². The fourth-order valence-electron chi connectivity index (χ4n) is 2.37. The van der Waals surface area contributed by atoms with E-state index in [2.05, 4.69) is 0 Å². The quantitative estimate of drug-likeness (QED) is 0.519. The smallest absolute Gasteiger partial charge is 0.475 e. The average Bonchev–Trinajstić information content (AvgIpc) is 2.25. The second-order valence-electron chi connectivity index (χ2n) is 4.75. The van der Waals surface area contributed by atoms with Gasteiger partial charge in [-0.25, -0.2) is 9.69 Å². The maximum Gasteiger partial charge on any atom is 0.490 e. The van der Waals surface area contributed by atoms with E-state index in [9.17, 15) is 26.3 Å². The number of morpholine rings is 1. The Morgan fingerprint density at radius 3 is 1.76 bits per heavy atom. The van der Waals surface area contributed by atoms with Gasteiger partial charge in [0.2, 0.25) is 0 Å². The van der Waals surface area contributed by atoms with Gasteiger partial charge < -0.3 is 15.6 Å². The molecule has 2 saturated heterocycles. The van der Waals surface area contributed by atoms with E-state index in [0.717, 1.165) is 0 Å². The van der Waals surface area contributed by atoms with Crippen LogP contribution in [0.3, 0.4) is 0 Å². The summed E-state index contributed by atoms with van der Waals surface area (Å²) in [5, 5.41) is 7.12. The Balaban J connectivity index is 0.000000270. The molecule has 2 fully saturated rings. The molecule has 2 unspecified atom stereocenters. The maximum absolute atomic E-state index is 12.6. The highest BCUT2D eigenvalue weighted by molar-refractivity contribution is 5.73. The summed E-state index contributed by atoms with van der Waals surface area (Å²) in [5.74, 6) is -2.76. The van der Waals surface area contributed by atoms with Gasteiger partial charge in [0.25, 0.3) is 0 Å². The third kappa shape index (κ3) is 5.00. The third-order valence-electron chi connectivity index (χ3n) is 3.09. The number of alkyl halides is 6. The number of nitrogens with two attached hydrogens (primary N) is 1. The van der Waals surface area contributed by atoms with Crippen LogP contribution >= 0.6 is 0 Å². The molecule has 0 aliphatic carbocycles. The van der Waals surface area contributed by atoms with Crippen molar-refractivity contribution in [1.29, 1.82) is 0 Å². The summed E-state index contributed by atoms with van der Waals surface area (Å²) >= 11 is 0. The van der Waals surface area contributed by atoms with E-state index >= 15 is 0 Å². The predicted molar refractivity (Wildman–Crippen MR) is 57.2 cm³/mol. The first-order valence-corrected chi connectivity index (χ1v) is 5.91. The molecule has 0 aromatic heterocycles. The second-order valence-corrected chi connectivity index (χ2v) is 4.75. The zero-order chi connectivity index (χ0) is 16.4. The van der Waals surface area contributed by atoms with Gasteiger partial charge in [0.05, 0.1) is 13.2 Å². The van der Waals surface area contributed by atoms with Crippen molar-refractivity contribution in [2.45, 2.75) is 43.4 Å². The molecular weight excluding hydrogens is 310 g/mol. The highest BCUT2D eigenvalue weighted by Gasteiger charge is 2.51. The van der Waals surface area contributed by atoms with Gasteiger partial charge in [-0.2, -0.15) is 26.3 Å². The first-order chi connectivity index (χ1) is 9.43. The molecule has 11 heteroatoms. The van der Waals surface area contributed by atoms with Gasteiger partial charge in [-0.3, -0.25) is 0 Å². The number of aliphatic carboxylic acids is 1. The van der Waals surface area contributed by atoms with Crippen LogP contribution in [0.4, 0.5) is 26.3 Å². The molecule has 3 N–H and O–H groups in total. The largest absolute Gasteiger partial charge is 0.490 e. The molecule has 2 aliphatic rings. The van der Waals surface area contributed by atoms with Gasteiger partial charge in [-0.1, -0.05) is 0 Å². The summed E-state index contributed by atoms with van der Waals surface area (Å²) in [6.07, 6.45) is -8.59. The van der Waals surface area contributed by atoms with Crippen LogP contribution in [-0.2, 0) is 9.53 Å². The van der Waals surface area contributed by atoms with E-state index in [1.54, 1.807) is 0 Å². The Morgan fingerprint density at radius 2 is 1.48 bits per heavy atom. The number of piperidine rings is 1. The van der Waals surface area contributed by atoms with Crippen molar-refractivity contribution < 1.29 is 41.0 Å². The lowest BCUT2D eigenvalue weighted by atomic mass is 9.91. The normalized spacial score (nSPS) is 30.3. The van der Waals surface area contributed by atoms with Crippen LogP contribution < -0.4 is 5.73 Å². The lowest BCUT2D eigenvalue weighted by Crippen LogP contribution is -2.63. The number of carboxylic acids is 1. The van der Waals surface area contributed by atoms with Crippen LogP contribution in [0.15, 0.2) is 0 Å². The number of hydrogen-bond donors (Lipinski definition) is 2. The fraction of sp³-hybridized carbons (Fsp3) is 0.900. The minimum atomic E-state index is -5.08. The molecular formula is C10H14F6N2O3. The summed E-state index contributed by atoms with van der Waals surface area (Å²) in [6.45, 7) is 0.285. The number of carboxylic acid groups (broad SMARTS) is 1. The van der Waals surface area contributed by atoms with Gasteiger partial charge >= 0.3 is 18.4 Å². The van der Waals surface area contributed by atoms with Gasteiger partial charge in [-0.05, 0) is 12.8 Å². The number of ether oxygens (including phenoxy) is 1. The van der Waals surface area contributed by atoms with E-state index in [4.69, 9.17) is 20.4 Å². The van der Waals surface area contributed by atoms with Gasteiger partial charge in [-0.15, -0.1) is 0 Å². The summed E-state index contributed by atoms with van der Waals surface area (Å²) in [4.78, 5) is 9.51. The Hall–Kier alpha value is -1.07. The maximum atomic E-state index is 12.6. The molecule has 0 aromatic carbocycles. The zero-order valence-corrected chi connectivity index (χ0v) is 10.6. The Kier molecular flexibility index (Phi) is 5.45. The van der Waals surface area contributed by atoms with Crippen LogP contribution in [0.2, 0.25) is 0 Å². The van der Waals surface area contributed by atoms with Crippen molar-refractivity contribution in [2.24, 2.45) is 5.73 Å². The van der Waals surface area contributed by atoms with E-state index in [1.807, 2.05) is 0 Å². The van der Waals surface area contributed by atoms with Gasteiger partial charge in [0, 0.05) is 18.1 Å². The van der Waals surface area contributed by atoms with E-state index in [0.29, 0.717) is 17.7 Å². The Labute approximate surface area is 115 Å². The van der Waals surface area contributed by atoms with Crippen molar-refractivity contribution in [3.8, 4) is 0 Å². The molecule has 0 saturated carbocycles. The third-order valence-corrected chi connectivity index (χ3v) is 3.09.